The van der Waals surface area contributed by atoms with Gasteiger partial charge in [0.05, 0.1) is 0 Å². The molecule has 0 aliphatic rings. The predicted molar refractivity (Wildman–Crippen MR) is 79.8 cm³/mol. The Kier molecular flexibility index (Phi) is 4.74. The van der Waals surface area contributed by atoms with Crippen molar-refractivity contribution in [3.63, 3.8) is 0 Å². The Morgan fingerprint density at radius 2 is 1.80 bits per heavy atom. The van der Waals surface area contributed by atoms with Crippen molar-refractivity contribution in [1.82, 2.24) is 0 Å². The molecule has 0 aliphatic carbocycles. The van der Waals surface area contributed by atoms with E-state index >= 15 is 0 Å². The second-order valence-corrected chi connectivity index (χ2v) is 5.08. The quantitative estimate of drug-likeness (QED) is 0.884. The second-order valence-electron chi connectivity index (χ2n) is 5.08. The third kappa shape index (κ3) is 3.36. The number of nitrogens with two attached hydrogens (primary N) is 1. The predicted octanol–water partition coefficient (Wildman–Crippen LogP) is 4.24. The van der Waals surface area contributed by atoms with Gasteiger partial charge in [0.2, 0.25) is 0 Å². The van der Waals surface area contributed by atoms with Gasteiger partial charge in [-0.3, -0.25) is 0 Å². The van der Waals surface area contributed by atoms with E-state index < -0.39 is 0 Å². The van der Waals surface area contributed by atoms with Gasteiger partial charge in [0.1, 0.15) is 17.3 Å². The van der Waals surface area contributed by atoms with E-state index in [-0.39, 0.29) is 5.82 Å². The molecule has 0 atom stereocenters. The molecule has 2 N–H and O–H groups in total. The van der Waals surface area contributed by atoms with Crippen molar-refractivity contribution >= 4 is 0 Å². The van der Waals surface area contributed by atoms with Gasteiger partial charge in [-0.15, -0.1) is 0 Å². The molecule has 20 heavy (non-hydrogen) atoms. The molecule has 2 nitrogen and oxygen atoms in total. The zero-order valence-corrected chi connectivity index (χ0v) is 11.9. The second kappa shape index (κ2) is 6.53. The lowest BCUT2D eigenvalue weighted by molar-refractivity contribution is 0.467. The molecular weight excluding hydrogens is 253 g/mol. The van der Waals surface area contributed by atoms with Crippen molar-refractivity contribution in [2.75, 3.05) is 6.54 Å². The maximum atomic E-state index is 13.8. The van der Waals surface area contributed by atoms with Crippen LogP contribution in [0.2, 0.25) is 0 Å². The van der Waals surface area contributed by atoms with Gasteiger partial charge < -0.3 is 10.5 Å². The summed E-state index contributed by atoms with van der Waals surface area (Å²) in [5.41, 5.74) is 7.30. The minimum absolute atomic E-state index is 0.272. The van der Waals surface area contributed by atoms with E-state index in [1.54, 1.807) is 12.1 Å². The number of ether oxygens (including phenoxy) is 1. The van der Waals surface area contributed by atoms with Crippen LogP contribution < -0.4 is 10.5 Å². The average molecular weight is 273 g/mol. The monoisotopic (exact) mass is 273 g/mol. The highest BCUT2D eigenvalue weighted by Gasteiger charge is 2.10. The van der Waals surface area contributed by atoms with Crippen LogP contribution in [0, 0.1) is 5.82 Å². The van der Waals surface area contributed by atoms with Gasteiger partial charge in [-0.2, -0.15) is 0 Å². The van der Waals surface area contributed by atoms with Crippen LogP contribution in [-0.2, 0) is 6.42 Å². The fourth-order valence-corrected chi connectivity index (χ4v) is 2.07. The molecule has 0 heterocycles. The van der Waals surface area contributed by atoms with Crippen molar-refractivity contribution in [3.8, 4) is 11.5 Å². The zero-order valence-electron chi connectivity index (χ0n) is 11.9. The van der Waals surface area contributed by atoms with Gasteiger partial charge in [-0.25, -0.2) is 4.39 Å². The number of benzene rings is 2. The standard InChI is InChI=1S/C17H20FNO/c1-12(2)13-6-8-14(9-7-13)20-17-5-3-4-16(18)15(17)10-11-19/h3-9,12H,10-11,19H2,1-2H3. The van der Waals surface area contributed by atoms with Crippen LogP contribution in [0.5, 0.6) is 11.5 Å². The van der Waals surface area contributed by atoms with E-state index in [1.807, 2.05) is 24.3 Å². The van der Waals surface area contributed by atoms with Crippen LogP contribution in [0.1, 0.15) is 30.9 Å². The smallest absolute Gasteiger partial charge is 0.133 e. The van der Waals surface area contributed by atoms with Gasteiger partial charge in [0, 0.05) is 5.56 Å². The third-order valence-corrected chi connectivity index (χ3v) is 3.24. The molecule has 3 heteroatoms. The Morgan fingerprint density at radius 1 is 1.10 bits per heavy atom. The van der Waals surface area contributed by atoms with Crippen molar-refractivity contribution in [1.29, 1.82) is 0 Å². The summed E-state index contributed by atoms with van der Waals surface area (Å²) < 4.78 is 19.6. The van der Waals surface area contributed by atoms with Crippen molar-refractivity contribution < 1.29 is 9.13 Å². The first-order chi connectivity index (χ1) is 9.61. The Morgan fingerprint density at radius 3 is 2.40 bits per heavy atom. The van der Waals surface area contributed by atoms with Gasteiger partial charge >= 0.3 is 0 Å². The first kappa shape index (κ1) is 14.5. The van der Waals surface area contributed by atoms with Crippen LogP contribution in [-0.4, -0.2) is 6.54 Å². The van der Waals surface area contributed by atoms with E-state index in [4.69, 9.17) is 10.5 Å². The molecule has 0 unspecified atom stereocenters. The van der Waals surface area contributed by atoms with E-state index in [0.29, 0.717) is 35.9 Å². The highest BCUT2D eigenvalue weighted by atomic mass is 19.1. The largest absolute Gasteiger partial charge is 0.457 e. The fourth-order valence-electron chi connectivity index (χ4n) is 2.07. The van der Waals surface area contributed by atoms with Gasteiger partial charge in [0.25, 0.3) is 0 Å². The fraction of sp³-hybridized carbons (Fsp3) is 0.294. The van der Waals surface area contributed by atoms with Crippen LogP contribution in [0.3, 0.4) is 0 Å². The van der Waals surface area contributed by atoms with Gasteiger partial charge in [0.15, 0.2) is 0 Å². The van der Waals surface area contributed by atoms with E-state index in [9.17, 15) is 4.39 Å². The Bertz CT molecular complexity index is 564. The average Bonchev–Trinajstić information content (AvgIpc) is 2.43. The summed E-state index contributed by atoms with van der Waals surface area (Å²) in [6.07, 6.45) is 0.464. The van der Waals surface area contributed by atoms with E-state index in [1.165, 1.54) is 11.6 Å². The zero-order chi connectivity index (χ0) is 14.5. The maximum Gasteiger partial charge on any atom is 0.133 e. The van der Waals surface area contributed by atoms with Gasteiger partial charge in [-0.05, 0) is 48.7 Å². The highest BCUT2D eigenvalue weighted by molar-refractivity contribution is 5.39. The summed E-state index contributed by atoms with van der Waals surface area (Å²) >= 11 is 0. The Labute approximate surface area is 119 Å². The molecule has 2 aromatic carbocycles. The number of hydrogen-bond acceptors (Lipinski definition) is 2. The summed E-state index contributed by atoms with van der Waals surface area (Å²) in [7, 11) is 0. The summed E-state index contributed by atoms with van der Waals surface area (Å²) in [5, 5.41) is 0. The molecule has 0 spiro atoms. The molecule has 0 aromatic heterocycles. The molecule has 0 fully saturated rings. The van der Waals surface area contributed by atoms with Crippen LogP contribution in [0.25, 0.3) is 0 Å². The summed E-state index contributed by atoms with van der Waals surface area (Å²) in [5.74, 6) is 1.45. The van der Waals surface area contributed by atoms with E-state index in [0.717, 1.165) is 0 Å². The number of halogens is 1. The van der Waals surface area contributed by atoms with Crippen LogP contribution in [0.4, 0.5) is 4.39 Å². The first-order valence-electron chi connectivity index (χ1n) is 6.87. The van der Waals surface area contributed by atoms with Crippen LogP contribution in [0.15, 0.2) is 42.5 Å². The maximum absolute atomic E-state index is 13.8. The summed E-state index contributed by atoms with van der Waals surface area (Å²) in [4.78, 5) is 0. The van der Waals surface area contributed by atoms with E-state index in [2.05, 4.69) is 13.8 Å². The summed E-state index contributed by atoms with van der Waals surface area (Å²) in [6, 6.07) is 12.7. The molecule has 0 amide bonds. The Hall–Kier alpha value is -1.87. The molecular formula is C17H20FNO. The lowest BCUT2D eigenvalue weighted by atomic mass is 10.0. The minimum Gasteiger partial charge on any atom is -0.457 e. The molecule has 0 bridgehead atoms. The summed E-state index contributed by atoms with van der Waals surface area (Å²) in [6.45, 7) is 4.67. The number of rotatable bonds is 5. The lowest BCUT2D eigenvalue weighted by Crippen LogP contribution is -2.06. The van der Waals surface area contributed by atoms with Crippen molar-refractivity contribution in [3.05, 3.63) is 59.4 Å². The third-order valence-electron chi connectivity index (χ3n) is 3.24. The lowest BCUT2D eigenvalue weighted by Gasteiger charge is -2.12. The van der Waals surface area contributed by atoms with Gasteiger partial charge in [-0.1, -0.05) is 32.0 Å². The molecule has 0 saturated carbocycles. The normalized spacial score (nSPS) is 10.8. The highest BCUT2D eigenvalue weighted by Crippen LogP contribution is 2.28. The van der Waals surface area contributed by atoms with Crippen molar-refractivity contribution in [2.45, 2.75) is 26.2 Å². The van der Waals surface area contributed by atoms with Crippen molar-refractivity contribution in [2.24, 2.45) is 5.73 Å². The topological polar surface area (TPSA) is 35.2 Å². The minimum atomic E-state index is -0.272. The van der Waals surface area contributed by atoms with Crippen LogP contribution >= 0.6 is 0 Å². The SMILES string of the molecule is CC(C)c1ccc(Oc2cccc(F)c2CCN)cc1. The molecule has 0 saturated heterocycles. The molecule has 2 rings (SSSR count). The first-order valence-corrected chi connectivity index (χ1v) is 6.87. The molecule has 2 aromatic rings. The molecule has 0 radical (unpaired) electrons. The molecule has 0 aliphatic heterocycles. The Balaban J connectivity index is 2.23. The number of hydrogen-bond donors (Lipinski definition) is 1. The molecule has 106 valence electrons.